The van der Waals surface area contributed by atoms with Crippen LogP contribution >= 0.6 is 0 Å². The first kappa shape index (κ1) is 13.5. The van der Waals surface area contributed by atoms with E-state index in [1.54, 1.807) is 0 Å². The average molecular weight is 280 g/mol. The van der Waals surface area contributed by atoms with Gasteiger partial charge in [0.25, 0.3) is 0 Å². The summed E-state index contributed by atoms with van der Waals surface area (Å²) >= 11 is 0. The molecule has 1 aliphatic carbocycles. The molecule has 1 amide bonds. The van der Waals surface area contributed by atoms with Crippen LogP contribution in [0.5, 0.6) is 0 Å². The van der Waals surface area contributed by atoms with Crippen LogP contribution < -0.4 is 0 Å². The SMILES string of the molecule is CN(Cc1ccc(F)cc1F)CN1C(=O)[C@@H]2CCC[C@H]21. The largest absolute Gasteiger partial charge is 0.326 e. The monoisotopic (exact) mass is 280 g/mol. The van der Waals surface area contributed by atoms with E-state index in [-0.39, 0.29) is 11.8 Å². The van der Waals surface area contributed by atoms with E-state index in [1.807, 2.05) is 16.8 Å². The molecule has 0 aromatic heterocycles. The fraction of sp³-hybridized carbons (Fsp3) is 0.533. The van der Waals surface area contributed by atoms with E-state index in [1.165, 1.54) is 12.1 Å². The number of hydrogen-bond donors (Lipinski definition) is 0. The normalized spacial score (nSPS) is 25.0. The molecule has 108 valence electrons. The van der Waals surface area contributed by atoms with E-state index in [2.05, 4.69) is 0 Å². The minimum absolute atomic E-state index is 0.221. The van der Waals surface area contributed by atoms with Crippen molar-refractivity contribution in [1.82, 2.24) is 9.80 Å². The molecule has 3 nitrogen and oxygen atoms in total. The first-order valence-corrected chi connectivity index (χ1v) is 6.99. The van der Waals surface area contributed by atoms with Gasteiger partial charge < -0.3 is 4.90 Å². The summed E-state index contributed by atoms with van der Waals surface area (Å²) in [6.45, 7) is 0.879. The Hall–Kier alpha value is -1.49. The summed E-state index contributed by atoms with van der Waals surface area (Å²) in [4.78, 5) is 15.7. The highest BCUT2D eigenvalue weighted by molar-refractivity contribution is 5.86. The lowest BCUT2D eigenvalue weighted by molar-refractivity contribution is -0.157. The number of benzene rings is 1. The Balaban J connectivity index is 1.60. The maximum Gasteiger partial charge on any atom is 0.229 e. The molecule has 0 radical (unpaired) electrons. The molecule has 3 rings (SSSR count). The molecular weight excluding hydrogens is 262 g/mol. The van der Waals surface area contributed by atoms with Gasteiger partial charge in [-0.1, -0.05) is 12.5 Å². The predicted octanol–water partition coefficient (Wildman–Crippen LogP) is 2.37. The molecule has 1 aromatic carbocycles. The van der Waals surface area contributed by atoms with Crippen LogP contribution in [-0.2, 0) is 11.3 Å². The van der Waals surface area contributed by atoms with Gasteiger partial charge in [-0.3, -0.25) is 9.69 Å². The van der Waals surface area contributed by atoms with E-state index in [0.29, 0.717) is 24.8 Å². The Morgan fingerprint density at radius 1 is 1.35 bits per heavy atom. The third kappa shape index (κ3) is 2.30. The molecule has 0 spiro atoms. The van der Waals surface area contributed by atoms with Gasteiger partial charge in [0.2, 0.25) is 5.91 Å². The van der Waals surface area contributed by atoms with E-state index in [9.17, 15) is 13.6 Å². The smallest absolute Gasteiger partial charge is 0.229 e. The molecule has 1 saturated heterocycles. The van der Waals surface area contributed by atoms with Gasteiger partial charge >= 0.3 is 0 Å². The lowest BCUT2D eigenvalue weighted by Gasteiger charge is -2.45. The summed E-state index contributed by atoms with van der Waals surface area (Å²) < 4.78 is 26.4. The molecule has 2 aliphatic rings. The number of β-lactam (4-membered cyclic amide) rings is 1. The summed E-state index contributed by atoms with van der Waals surface area (Å²) in [7, 11) is 1.85. The number of halogens is 2. The lowest BCUT2D eigenvalue weighted by atomic mass is 9.91. The van der Waals surface area contributed by atoms with Crippen LogP contribution in [0.25, 0.3) is 0 Å². The number of hydrogen-bond acceptors (Lipinski definition) is 2. The standard InChI is InChI=1S/C15H18F2N2O/c1-18(8-10-5-6-11(16)7-13(10)17)9-19-14-4-2-3-12(14)15(19)20/h5-7,12,14H,2-4,8-9H2,1H3/t12-,14-/m1/s1. The fourth-order valence-corrected chi connectivity index (χ4v) is 3.32. The molecule has 1 heterocycles. The number of nitrogens with zero attached hydrogens (tertiary/aromatic N) is 2. The number of carbonyl (C=O) groups is 1. The van der Waals surface area contributed by atoms with Crippen molar-refractivity contribution in [2.24, 2.45) is 5.92 Å². The number of carbonyl (C=O) groups excluding carboxylic acids is 1. The third-order valence-electron chi connectivity index (χ3n) is 4.33. The maximum atomic E-state index is 13.6. The van der Waals surface area contributed by atoms with E-state index >= 15 is 0 Å². The zero-order valence-corrected chi connectivity index (χ0v) is 11.5. The molecule has 1 saturated carbocycles. The molecule has 1 aromatic rings. The highest BCUT2D eigenvalue weighted by Gasteiger charge is 2.49. The Labute approximate surface area is 117 Å². The first-order valence-electron chi connectivity index (χ1n) is 6.99. The summed E-state index contributed by atoms with van der Waals surface area (Å²) in [5.41, 5.74) is 0.449. The van der Waals surface area contributed by atoms with Crippen molar-refractivity contribution in [3.8, 4) is 0 Å². The molecule has 0 bridgehead atoms. The molecule has 1 aliphatic heterocycles. The van der Waals surface area contributed by atoms with Crippen molar-refractivity contribution in [2.75, 3.05) is 13.7 Å². The van der Waals surface area contributed by atoms with E-state index in [4.69, 9.17) is 0 Å². The van der Waals surface area contributed by atoms with Crippen LogP contribution in [0.15, 0.2) is 18.2 Å². The minimum Gasteiger partial charge on any atom is -0.326 e. The van der Waals surface area contributed by atoms with Crippen molar-refractivity contribution in [1.29, 1.82) is 0 Å². The van der Waals surface area contributed by atoms with Crippen LogP contribution in [0, 0.1) is 17.6 Å². The van der Waals surface area contributed by atoms with Gasteiger partial charge in [0.05, 0.1) is 12.6 Å². The van der Waals surface area contributed by atoms with Crippen LogP contribution in [0.1, 0.15) is 24.8 Å². The van der Waals surface area contributed by atoms with Gasteiger partial charge in [-0.25, -0.2) is 8.78 Å². The van der Waals surface area contributed by atoms with Crippen molar-refractivity contribution < 1.29 is 13.6 Å². The molecule has 0 unspecified atom stereocenters. The van der Waals surface area contributed by atoms with Gasteiger partial charge in [0.15, 0.2) is 0 Å². The second kappa shape index (κ2) is 5.13. The second-order valence-corrected chi connectivity index (χ2v) is 5.80. The molecule has 20 heavy (non-hydrogen) atoms. The molecule has 2 fully saturated rings. The zero-order valence-electron chi connectivity index (χ0n) is 11.5. The van der Waals surface area contributed by atoms with Gasteiger partial charge in [0.1, 0.15) is 11.6 Å². The Morgan fingerprint density at radius 2 is 2.15 bits per heavy atom. The van der Waals surface area contributed by atoms with Gasteiger partial charge in [-0.15, -0.1) is 0 Å². The Morgan fingerprint density at radius 3 is 2.90 bits per heavy atom. The van der Waals surface area contributed by atoms with Crippen LogP contribution in [0.2, 0.25) is 0 Å². The Kier molecular flexibility index (Phi) is 3.46. The highest BCUT2D eigenvalue weighted by Crippen LogP contribution is 2.39. The maximum absolute atomic E-state index is 13.6. The second-order valence-electron chi connectivity index (χ2n) is 5.80. The fourth-order valence-electron chi connectivity index (χ4n) is 3.32. The summed E-state index contributed by atoms with van der Waals surface area (Å²) in [6.07, 6.45) is 3.21. The highest BCUT2D eigenvalue weighted by atomic mass is 19.1. The van der Waals surface area contributed by atoms with E-state index < -0.39 is 11.6 Å². The predicted molar refractivity (Wildman–Crippen MR) is 70.7 cm³/mol. The first-order chi connectivity index (χ1) is 9.56. The van der Waals surface area contributed by atoms with Crippen molar-refractivity contribution >= 4 is 5.91 Å². The molecular formula is C15H18F2N2O. The summed E-state index contributed by atoms with van der Waals surface area (Å²) in [5, 5.41) is 0. The number of fused-ring (bicyclic) bond motifs is 1. The lowest BCUT2D eigenvalue weighted by Crippen LogP contribution is -2.60. The van der Waals surface area contributed by atoms with Crippen LogP contribution in [0.4, 0.5) is 8.78 Å². The quantitative estimate of drug-likeness (QED) is 0.791. The number of rotatable bonds is 4. The van der Waals surface area contributed by atoms with Crippen molar-refractivity contribution in [3.63, 3.8) is 0 Å². The Bertz CT molecular complexity index is 535. The third-order valence-corrected chi connectivity index (χ3v) is 4.33. The molecule has 2 atom stereocenters. The van der Waals surface area contributed by atoms with Crippen LogP contribution in [-0.4, -0.2) is 35.5 Å². The molecule has 0 N–H and O–H groups in total. The summed E-state index contributed by atoms with van der Waals surface area (Å²) in [5.74, 6) is -0.656. The van der Waals surface area contributed by atoms with E-state index in [0.717, 1.165) is 25.3 Å². The number of amides is 1. The number of likely N-dealkylation sites (tertiary alicyclic amines) is 1. The zero-order chi connectivity index (χ0) is 14.3. The molecule has 5 heteroatoms. The topological polar surface area (TPSA) is 23.6 Å². The average Bonchev–Trinajstić information content (AvgIpc) is 2.84. The van der Waals surface area contributed by atoms with Gasteiger partial charge in [-0.2, -0.15) is 0 Å². The van der Waals surface area contributed by atoms with Crippen molar-refractivity contribution in [2.45, 2.75) is 31.8 Å². The van der Waals surface area contributed by atoms with Gasteiger partial charge in [-0.05, 0) is 26.0 Å². The minimum atomic E-state index is -0.569. The summed E-state index contributed by atoms with van der Waals surface area (Å²) in [6, 6.07) is 3.99. The van der Waals surface area contributed by atoms with Crippen molar-refractivity contribution in [3.05, 3.63) is 35.4 Å². The van der Waals surface area contributed by atoms with Gasteiger partial charge in [0, 0.05) is 24.2 Å². The van der Waals surface area contributed by atoms with Crippen LogP contribution in [0.3, 0.4) is 0 Å².